The fourth-order valence-corrected chi connectivity index (χ4v) is 4.67. The molecule has 2 aromatic rings. The molecule has 0 aliphatic carbocycles. The summed E-state index contributed by atoms with van der Waals surface area (Å²) in [5, 5.41) is 10.7. The molecule has 1 aromatic carbocycles. The number of piperidine rings is 1. The molecule has 32 heavy (non-hydrogen) atoms. The number of anilines is 1. The molecule has 1 N–H and O–H groups in total. The number of nitrogens with zero attached hydrogens (tertiary/aromatic N) is 3. The molecule has 3 heterocycles. The van der Waals surface area contributed by atoms with Crippen molar-refractivity contribution in [1.82, 2.24) is 9.88 Å². The van der Waals surface area contributed by atoms with Gasteiger partial charge in [-0.25, -0.2) is 9.78 Å². The first-order chi connectivity index (χ1) is 15.0. The number of fused-ring (bicyclic) bond motifs is 1. The molecule has 2 aliphatic heterocycles. The maximum absolute atomic E-state index is 11.7. The average Bonchev–Trinajstić information content (AvgIpc) is 3.10. The number of hydrogen-bond donors (Lipinski definition) is 1. The Bertz CT molecular complexity index is 977. The van der Waals surface area contributed by atoms with Gasteiger partial charge in [-0.2, -0.15) is 0 Å². The highest BCUT2D eigenvalue weighted by atomic mass is 16.7. The first-order valence-corrected chi connectivity index (χ1v) is 11.5. The van der Waals surface area contributed by atoms with Crippen molar-refractivity contribution in [3.63, 3.8) is 0 Å². The molecular weight excluding hydrogens is 406 g/mol. The SMILES string of the molecule is CC1(C)OCC(c2ccc3cccc(N4CCC(CN(C(=O)O)C(C)(C)C)CC4)c3n2)O1. The van der Waals surface area contributed by atoms with Crippen molar-refractivity contribution in [2.24, 2.45) is 5.92 Å². The number of carbonyl (C=O) groups is 1. The van der Waals surface area contributed by atoms with Gasteiger partial charge in [0.05, 0.1) is 23.5 Å². The lowest BCUT2D eigenvalue weighted by atomic mass is 9.93. The van der Waals surface area contributed by atoms with Crippen LogP contribution in [0.2, 0.25) is 0 Å². The highest BCUT2D eigenvalue weighted by molar-refractivity contribution is 5.91. The van der Waals surface area contributed by atoms with Gasteiger partial charge in [-0.1, -0.05) is 18.2 Å². The van der Waals surface area contributed by atoms with E-state index < -0.39 is 11.9 Å². The van der Waals surface area contributed by atoms with Gasteiger partial charge in [0.25, 0.3) is 0 Å². The van der Waals surface area contributed by atoms with Crippen LogP contribution >= 0.6 is 0 Å². The van der Waals surface area contributed by atoms with E-state index in [4.69, 9.17) is 14.5 Å². The molecule has 1 aromatic heterocycles. The van der Waals surface area contributed by atoms with Crippen LogP contribution in [0.5, 0.6) is 0 Å². The minimum absolute atomic E-state index is 0.160. The lowest BCUT2D eigenvalue weighted by Crippen LogP contribution is -2.49. The van der Waals surface area contributed by atoms with E-state index in [-0.39, 0.29) is 11.6 Å². The minimum Gasteiger partial charge on any atom is -0.465 e. The zero-order chi connectivity index (χ0) is 23.1. The monoisotopic (exact) mass is 441 g/mol. The van der Waals surface area contributed by atoms with E-state index >= 15 is 0 Å². The molecule has 2 fully saturated rings. The number of aromatic nitrogens is 1. The maximum atomic E-state index is 11.7. The molecule has 7 nitrogen and oxygen atoms in total. The first-order valence-electron chi connectivity index (χ1n) is 11.5. The molecule has 1 amide bonds. The molecule has 1 unspecified atom stereocenters. The Hall–Kier alpha value is -2.38. The summed E-state index contributed by atoms with van der Waals surface area (Å²) in [4.78, 5) is 20.7. The molecule has 4 rings (SSSR count). The zero-order valence-electron chi connectivity index (χ0n) is 19.8. The normalized spacial score (nSPS) is 21.8. The summed E-state index contributed by atoms with van der Waals surface area (Å²) in [6, 6.07) is 10.4. The summed E-state index contributed by atoms with van der Waals surface area (Å²) >= 11 is 0. The van der Waals surface area contributed by atoms with Gasteiger partial charge in [0, 0.05) is 30.6 Å². The van der Waals surface area contributed by atoms with E-state index in [1.807, 2.05) is 40.7 Å². The van der Waals surface area contributed by atoms with E-state index in [0.717, 1.165) is 48.2 Å². The number of benzene rings is 1. The van der Waals surface area contributed by atoms with Gasteiger partial charge in [0.1, 0.15) is 6.10 Å². The topological polar surface area (TPSA) is 75.1 Å². The third-order valence-corrected chi connectivity index (χ3v) is 6.50. The Kier molecular flexibility index (Phi) is 6.07. The summed E-state index contributed by atoms with van der Waals surface area (Å²) in [5.74, 6) is -0.217. The number of rotatable bonds is 4. The molecule has 0 saturated carbocycles. The molecular formula is C25H35N3O4. The smallest absolute Gasteiger partial charge is 0.407 e. The van der Waals surface area contributed by atoms with Crippen LogP contribution in [-0.2, 0) is 9.47 Å². The summed E-state index contributed by atoms with van der Waals surface area (Å²) in [6.45, 7) is 12.6. The van der Waals surface area contributed by atoms with E-state index in [1.54, 1.807) is 4.90 Å². The van der Waals surface area contributed by atoms with E-state index in [0.29, 0.717) is 19.1 Å². The average molecular weight is 442 g/mol. The van der Waals surface area contributed by atoms with Crippen LogP contribution < -0.4 is 4.90 Å². The number of hydrogen-bond acceptors (Lipinski definition) is 5. The Morgan fingerprint density at radius 2 is 1.94 bits per heavy atom. The Morgan fingerprint density at radius 1 is 1.22 bits per heavy atom. The number of pyridine rings is 1. The Morgan fingerprint density at radius 3 is 2.53 bits per heavy atom. The number of para-hydroxylation sites is 1. The van der Waals surface area contributed by atoms with Crippen molar-refractivity contribution in [2.45, 2.75) is 64.9 Å². The van der Waals surface area contributed by atoms with Gasteiger partial charge in [0.2, 0.25) is 0 Å². The van der Waals surface area contributed by atoms with Crippen LogP contribution in [0.25, 0.3) is 10.9 Å². The van der Waals surface area contributed by atoms with E-state index in [1.165, 1.54) is 0 Å². The highest BCUT2D eigenvalue weighted by Gasteiger charge is 2.35. The minimum atomic E-state index is -0.841. The fourth-order valence-electron chi connectivity index (χ4n) is 4.67. The number of amides is 1. The second-order valence-electron chi connectivity index (χ2n) is 10.4. The van der Waals surface area contributed by atoms with Crippen molar-refractivity contribution in [2.75, 3.05) is 31.1 Å². The van der Waals surface area contributed by atoms with Gasteiger partial charge in [-0.15, -0.1) is 0 Å². The Balaban J connectivity index is 1.50. The van der Waals surface area contributed by atoms with Crippen molar-refractivity contribution in [1.29, 1.82) is 0 Å². The van der Waals surface area contributed by atoms with Crippen LogP contribution in [0.4, 0.5) is 10.5 Å². The number of ether oxygens (including phenoxy) is 2. The van der Waals surface area contributed by atoms with Gasteiger partial charge >= 0.3 is 6.09 Å². The predicted molar refractivity (Wildman–Crippen MR) is 125 cm³/mol. The van der Waals surface area contributed by atoms with Crippen LogP contribution in [0, 0.1) is 5.92 Å². The molecule has 1 atom stereocenters. The second-order valence-corrected chi connectivity index (χ2v) is 10.4. The lowest BCUT2D eigenvalue weighted by Gasteiger charge is -2.39. The quantitative estimate of drug-likeness (QED) is 0.715. The largest absolute Gasteiger partial charge is 0.465 e. The van der Waals surface area contributed by atoms with Gasteiger partial charge in [-0.3, -0.25) is 0 Å². The van der Waals surface area contributed by atoms with Crippen molar-refractivity contribution in [3.8, 4) is 0 Å². The molecule has 2 aliphatic rings. The van der Waals surface area contributed by atoms with Crippen molar-refractivity contribution < 1.29 is 19.4 Å². The summed E-state index contributed by atoms with van der Waals surface area (Å²) in [6.07, 6.45) is 0.924. The highest BCUT2D eigenvalue weighted by Crippen LogP contribution is 2.35. The Labute approximate surface area is 190 Å². The van der Waals surface area contributed by atoms with Crippen molar-refractivity contribution >= 4 is 22.7 Å². The fraction of sp³-hybridized carbons (Fsp3) is 0.600. The molecule has 0 radical (unpaired) electrons. The van der Waals surface area contributed by atoms with Gasteiger partial charge < -0.3 is 24.4 Å². The van der Waals surface area contributed by atoms with Crippen LogP contribution in [-0.4, -0.2) is 58.7 Å². The van der Waals surface area contributed by atoms with Crippen LogP contribution in [0.1, 0.15) is 59.3 Å². The summed E-state index contributed by atoms with van der Waals surface area (Å²) in [5.41, 5.74) is 2.62. The number of carboxylic acid groups (broad SMARTS) is 1. The van der Waals surface area contributed by atoms with Crippen LogP contribution in [0.15, 0.2) is 30.3 Å². The standard InChI is InChI=1S/C25H35N3O4/c1-24(2,3)28(23(29)30)15-17-11-13-27(14-12-17)20-8-6-7-18-9-10-19(26-22(18)20)21-16-31-25(4,5)32-21/h6-10,17,21H,11-16H2,1-5H3,(H,29,30). The summed E-state index contributed by atoms with van der Waals surface area (Å²) < 4.78 is 11.7. The van der Waals surface area contributed by atoms with Crippen molar-refractivity contribution in [3.05, 3.63) is 36.0 Å². The van der Waals surface area contributed by atoms with E-state index in [2.05, 4.69) is 29.2 Å². The van der Waals surface area contributed by atoms with E-state index in [9.17, 15) is 9.90 Å². The lowest BCUT2D eigenvalue weighted by molar-refractivity contribution is -0.139. The first kappa shape index (κ1) is 22.8. The molecule has 7 heteroatoms. The molecule has 0 bridgehead atoms. The third-order valence-electron chi connectivity index (χ3n) is 6.50. The predicted octanol–water partition coefficient (Wildman–Crippen LogP) is 5.05. The molecule has 0 spiro atoms. The molecule has 174 valence electrons. The zero-order valence-corrected chi connectivity index (χ0v) is 19.8. The third kappa shape index (κ3) is 4.84. The van der Waals surface area contributed by atoms with Crippen LogP contribution in [0.3, 0.4) is 0 Å². The van der Waals surface area contributed by atoms with Gasteiger partial charge in [-0.05, 0) is 65.5 Å². The van der Waals surface area contributed by atoms with Gasteiger partial charge in [0.15, 0.2) is 5.79 Å². The summed E-state index contributed by atoms with van der Waals surface area (Å²) in [7, 11) is 0. The second kappa shape index (κ2) is 8.52. The maximum Gasteiger partial charge on any atom is 0.407 e. The molecule has 2 saturated heterocycles.